The SMILES string of the molecule is Cc1ccncc1N1CCc2cc3c(cc2C1=O)CN=C3. The fraction of sp³-hybridized carbons (Fsp3) is 0.235. The van der Waals surface area contributed by atoms with Crippen LogP contribution in [0.1, 0.15) is 32.6 Å². The summed E-state index contributed by atoms with van der Waals surface area (Å²) in [5, 5.41) is 0. The number of carbonyl (C=O) groups excluding carboxylic acids is 1. The number of nitrogens with zero attached hydrogens (tertiary/aromatic N) is 3. The van der Waals surface area contributed by atoms with E-state index in [1.807, 2.05) is 30.2 Å². The van der Waals surface area contributed by atoms with Crippen LogP contribution in [0.3, 0.4) is 0 Å². The zero-order chi connectivity index (χ0) is 14.4. The minimum atomic E-state index is 0.0713. The van der Waals surface area contributed by atoms with Gasteiger partial charge in [-0.15, -0.1) is 0 Å². The van der Waals surface area contributed by atoms with E-state index in [0.717, 1.165) is 39.9 Å². The predicted molar refractivity (Wildman–Crippen MR) is 82.1 cm³/mol. The van der Waals surface area contributed by atoms with Crippen LogP contribution in [0.25, 0.3) is 0 Å². The van der Waals surface area contributed by atoms with Crippen LogP contribution in [0.4, 0.5) is 5.69 Å². The van der Waals surface area contributed by atoms with Gasteiger partial charge in [-0.2, -0.15) is 0 Å². The molecule has 1 aromatic heterocycles. The van der Waals surface area contributed by atoms with Crippen molar-refractivity contribution < 1.29 is 4.79 Å². The number of fused-ring (bicyclic) bond motifs is 2. The third-order valence-electron chi connectivity index (χ3n) is 4.24. The molecule has 0 fully saturated rings. The average Bonchev–Trinajstić information content (AvgIpc) is 2.94. The molecule has 0 bridgehead atoms. The maximum atomic E-state index is 12.8. The molecule has 0 atom stereocenters. The highest BCUT2D eigenvalue weighted by Crippen LogP contribution is 2.29. The van der Waals surface area contributed by atoms with Crippen molar-refractivity contribution in [1.82, 2.24) is 4.98 Å². The zero-order valence-corrected chi connectivity index (χ0v) is 11.8. The summed E-state index contributed by atoms with van der Waals surface area (Å²) in [6.45, 7) is 3.40. The molecular weight excluding hydrogens is 262 g/mol. The molecule has 0 spiro atoms. The standard InChI is InChI=1S/C17H15N3O/c1-11-2-4-18-10-16(11)20-5-3-12-6-13-8-19-9-14(13)7-15(12)17(20)21/h2,4,6-8,10H,3,5,9H2,1H3. The Morgan fingerprint density at radius 1 is 1.24 bits per heavy atom. The number of benzene rings is 1. The van der Waals surface area contributed by atoms with Gasteiger partial charge in [0.1, 0.15) is 0 Å². The maximum Gasteiger partial charge on any atom is 0.258 e. The lowest BCUT2D eigenvalue weighted by Gasteiger charge is -2.29. The lowest BCUT2D eigenvalue weighted by Crippen LogP contribution is -2.38. The quantitative estimate of drug-likeness (QED) is 0.804. The number of amides is 1. The maximum absolute atomic E-state index is 12.8. The fourth-order valence-electron chi connectivity index (χ4n) is 3.06. The number of hydrogen-bond donors (Lipinski definition) is 0. The molecule has 4 nitrogen and oxygen atoms in total. The first kappa shape index (κ1) is 12.3. The Labute approximate surface area is 123 Å². The van der Waals surface area contributed by atoms with Gasteiger partial charge in [-0.25, -0.2) is 0 Å². The highest BCUT2D eigenvalue weighted by molar-refractivity contribution is 6.09. The Morgan fingerprint density at radius 2 is 2.14 bits per heavy atom. The highest BCUT2D eigenvalue weighted by Gasteiger charge is 2.28. The highest BCUT2D eigenvalue weighted by atomic mass is 16.2. The zero-order valence-electron chi connectivity index (χ0n) is 11.8. The molecule has 0 unspecified atom stereocenters. The summed E-state index contributed by atoms with van der Waals surface area (Å²) in [4.78, 5) is 23.1. The van der Waals surface area contributed by atoms with E-state index in [2.05, 4.69) is 16.0 Å². The van der Waals surface area contributed by atoms with Gasteiger partial charge in [0.15, 0.2) is 0 Å². The summed E-state index contributed by atoms with van der Waals surface area (Å²) in [5.74, 6) is 0.0713. The van der Waals surface area contributed by atoms with Gasteiger partial charge in [0.2, 0.25) is 0 Å². The Morgan fingerprint density at radius 3 is 3.00 bits per heavy atom. The van der Waals surface area contributed by atoms with E-state index >= 15 is 0 Å². The second-order valence-corrected chi connectivity index (χ2v) is 5.55. The minimum absolute atomic E-state index is 0.0713. The van der Waals surface area contributed by atoms with E-state index in [1.165, 1.54) is 0 Å². The molecule has 4 heteroatoms. The topological polar surface area (TPSA) is 45.6 Å². The molecule has 4 rings (SSSR count). The Balaban J connectivity index is 1.78. The lowest BCUT2D eigenvalue weighted by atomic mass is 9.93. The van der Waals surface area contributed by atoms with Crippen molar-refractivity contribution in [2.24, 2.45) is 4.99 Å². The van der Waals surface area contributed by atoms with Crippen LogP contribution in [0.5, 0.6) is 0 Å². The van der Waals surface area contributed by atoms with Gasteiger partial charge >= 0.3 is 0 Å². The van der Waals surface area contributed by atoms with E-state index in [-0.39, 0.29) is 5.91 Å². The third kappa shape index (κ3) is 1.87. The smallest absolute Gasteiger partial charge is 0.258 e. The van der Waals surface area contributed by atoms with Crippen LogP contribution in [0.15, 0.2) is 35.6 Å². The predicted octanol–water partition coefficient (Wildman–Crippen LogP) is 2.53. The van der Waals surface area contributed by atoms with Crippen molar-refractivity contribution in [3.63, 3.8) is 0 Å². The molecule has 0 N–H and O–H groups in total. The number of aromatic nitrogens is 1. The van der Waals surface area contributed by atoms with Crippen LogP contribution in [0, 0.1) is 6.92 Å². The monoisotopic (exact) mass is 277 g/mol. The van der Waals surface area contributed by atoms with Crippen molar-refractivity contribution in [3.05, 3.63) is 58.4 Å². The number of carbonyl (C=O) groups is 1. The largest absolute Gasteiger partial charge is 0.306 e. The summed E-state index contributed by atoms with van der Waals surface area (Å²) >= 11 is 0. The Kier molecular flexibility index (Phi) is 2.64. The minimum Gasteiger partial charge on any atom is -0.306 e. The van der Waals surface area contributed by atoms with Crippen LogP contribution in [-0.4, -0.2) is 23.7 Å². The van der Waals surface area contributed by atoms with E-state index in [9.17, 15) is 4.79 Å². The molecule has 0 saturated heterocycles. The van der Waals surface area contributed by atoms with Gasteiger partial charge in [0.05, 0.1) is 18.4 Å². The lowest BCUT2D eigenvalue weighted by molar-refractivity contribution is 0.0980. The molecule has 2 aliphatic heterocycles. The molecule has 1 amide bonds. The number of pyridine rings is 1. The van der Waals surface area contributed by atoms with Crippen molar-refractivity contribution >= 4 is 17.8 Å². The van der Waals surface area contributed by atoms with E-state index in [4.69, 9.17) is 0 Å². The van der Waals surface area contributed by atoms with E-state index in [1.54, 1.807) is 12.4 Å². The molecule has 1 aromatic carbocycles. The number of aliphatic imine (C=N–C) groups is 1. The first-order valence-electron chi connectivity index (χ1n) is 7.12. The van der Waals surface area contributed by atoms with Gasteiger partial charge in [0.25, 0.3) is 5.91 Å². The molecule has 3 heterocycles. The molecule has 2 aromatic rings. The van der Waals surface area contributed by atoms with Gasteiger partial charge in [0, 0.05) is 24.5 Å². The third-order valence-corrected chi connectivity index (χ3v) is 4.24. The van der Waals surface area contributed by atoms with Crippen molar-refractivity contribution in [2.45, 2.75) is 19.9 Å². The van der Waals surface area contributed by atoms with Crippen LogP contribution >= 0.6 is 0 Å². The normalized spacial score (nSPS) is 16.0. The number of aryl methyl sites for hydroxylation is 1. The molecule has 104 valence electrons. The Hall–Kier alpha value is -2.49. The molecule has 21 heavy (non-hydrogen) atoms. The summed E-state index contributed by atoms with van der Waals surface area (Å²) in [6.07, 6.45) is 6.30. The molecule has 2 aliphatic rings. The fourth-order valence-corrected chi connectivity index (χ4v) is 3.06. The number of rotatable bonds is 1. The molecule has 0 aliphatic carbocycles. The second kappa shape index (κ2) is 4.52. The first-order valence-corrected chi connectivity index (χ1v) is 7.12. The van der Waals surface area contributed by atoms with Crippen LogP contribution in [-0.2, 0) is 13.0 Å². The first-order chi connectivity index (χ1) is 10.2. The van der Waals surface area contributed by atoms with Crippen LogP contribution < -0.4 is 4.90 Å². The molecule has 0 saturated carbocycles. The molecular formula is C17H15N3O. The van der Waals surface area contributed by atoms with Crippen molar-refractivity contribution in [1.29, 1.82) is 0 Å². The number of anilines is 1. The molecule has 0 radical (unpaired) electrons. The Bertz CT molecular complexity index is 780. The van der Waals surface area contributed by atoms with E-state index in [0.29, 0.717) is 13.1 Å². The number of hydrogen-bond acceptors (Lipinski definition) is 3. The summed E-state index contributed by atoms with van der Waals surface area (Å²) in [7, 11) is 0. The summed E-state index contributed by atoms with van der Waals surface area (Å²) < 4.78 is 0. The van der Waals surface area contributed by atoms with Gasteiger partial charge < -0.3 is 4.90 Å². The van der Waals surface area contributed by atoms with Gasteiger partial charge in [-0.3, -0.25) is 14.8 Å². The average molecular weight is 277 g/mol. The second-order valence-electron chi connectivity index (χ2n) is 5.55. The van der Waals surface area contributed by atoms with Crippen molar-refractivity contribution in [3.8, 4) is 0 Å². The van der Waals surface area contributed by atoms with Gasteiger partial charge in [-0.05, 0) is 53.8 Å². The van der Waals surface area contributed by atoms with Crippen molar-refractivity contribution in [2.75, 3.05) is 11.4 Å². The van der Waals surface area contributed by atoms with Gasteiger partial charge in [-0.1, -0.05) is 0 Å². The summed E-state index contributed by atoms with van der Waals surface area (Å²) in [5.41, 5.74) is 6.23. The van der Waals surface area contributed by atoms with E-state index < -0.39 is 0 Å². The van der Waals surface area contributed by atoms with Crippen LogP contribution in [0.2, 0.25) is 0 Å². The summed E-state index contributed by atoms with van der Waals surface area (Å²) in [6, 6.07) is 6.07.